The molecule has 0 aliphatic carbocycles. The molecule has 0 saturated heterocycles. The summed E-state index contributed by atoms with van der Waals surface area (Å²) in [6, 6.07) is 26.7. The Labute approximate surface area is 231 Å². The molecule has 0 spiro atoms. The number of ether oxygens (including phenoxy) is 1. The van der Waals surface area contributed by atoms with Crippen molar-refractivity contribution in [3.05, 3.63) is 102 Å². The van der Waals surface area contributed by atoms with Crippen molar-refractivity contribution in [1.82, 2.24) is 4.98 Å². The van der Waals surface area contributed by atoms with Crippen LogP contribution in [0.5, 0.6) is 5.75 Å². The molecule has 1 heterocycles. The fraction of sp³-hybridized carbons (Fsp3) is 0.133. The summed E-state index contributed by atoms with van der Waals surface area (Å²) in [6.07, 6.45) is 0. The van der Waals surface area contributed by atoms with Crippen molar-refractivity contribution in [2.75, 3.05) is 23.3 Å². The Balaban J connectivity index is 1.38. The van der Waals surface area contributed by atoms with E-state index < -0.39 is 22.5 Å². The first-order valence-corrected chi connectivity index (χ1v) is 14.5. The maximum atomic E-state index is 13.6. The fourth-order valence-corrected chi connectivity index (χ4v) is 6.58. The van der Waals surface area contributed by atoms with E-state index >= 15 is 0 Å². The zero-order valence-electron chi connectivity index (χ0n) is 21.7. The second kappa shape index (κ2) is 10.9. The number of carbonyl (C=O) groups is 1. The number of amides is 1. The number of sulfonamides is 1. The largest absolute Gasteiger partial charge is 0.497 e. The maximum absolute atomic E-state index is 13.6. The molecule has 5 rings (SSSR count). The highest BCUT2D eigenvalue weighted by atomic mass is 32.2. The molecule has 1 amide bonds. The summed E-state index contributed by atoms with van der Waals surface area (Å²) in [7, 11) is -2.53. The number of thiazole rings is 1. The van der Waals surface area contributed by atoms with Crippen molar-refractivity contribution < 1.29 is 17.9 Å². The van der Waals surface area contributed by atoms with Gasteiger partial charge in [-0.1, -0.05) is 29.8 Å². The van der Waals surface area contributed by atoms with Gasteiger partial charge in [0.25, 0.3) is 10.0 Å². The van der Waals surface area contributed by atoms with Crippen LogP contribution < -0.4 is 14.4 Å². The number of hydrogen-bond donors (Lipinski definition) is 1. The molecule has 0 radical (unpaired) electrons. The lowest BCUT2D eigenvalue weighted by molar-refractivity contribution is -0.114. The molecule has 0 aliphatic heterocycles. The van der Waals surface area contributed by atoms with E-state index in [-0.39, 0.29) is 4.90 Å². The van der Waals surface area contributed by atoms with Gasteiger partial charge in [0, 0.05) is 17.3 Å². The molecule has 0 saturated carbocycles. The lowest BCUT2D eigenvalue weighted by atomic mass is 10.2. The van der Waals surface area contributed by atoms with E-state index in [1.165, 1.54) is 24.8 Å². The number of hydrogen-bond acceptors (Lipinski definition) is 6. The first-order chi connectivity index (χ1) is 18.7. The van der Waals surface area contributed by atoms with Gasteiger partial charge in [0.15, 0.2) is 0 Å². The van der Waals surface area contributed by atoms with Gasteiger partial charge in [-0.05, 0) is 80.1 Å². The van der Waals surface area contributed by atoms with Crippen molar-refractivity contribution in [3.8, 4) is 16.3 Å². The van der Waals surface area contributed by atoms with Crippen LogP contribution in [0.15, 0.2) is 95.9 Å². The number of nitrogens with zero attached hydrogens (tertiary/aromatic N) is 2. The van der Waals surface area contributed by atoms with Crippen LogP contribution in [0.2, 0.25) is 0 Å². The Kier molecular flexibility index (Phi) is 7.36. The van der Waals surface area contributed by atoms with Crippen molar-refractivity contribution in [3.63, 3.8) is 0 Å². The van der Waals surface area contributed by atoms with Gasteiger partial charge >= 0.3 is 0 Å². The van der Waals surface area contributed by atoms with E-state index in [4.69, 9.17) is 9.72 Å². The minimum Gasteiger partial charge on any atom is -0.497 e. The number of rotatable bonds is 8. The lowest BCUT2D eigenvalue weighted by Crippen LogP contribution is -2.38. The van der Waals surface area contributed by atoms with Crippen LogP contribution in [0.1, 0.15) is 11.1 Å². The fourth-order valence-electron chi connectivity index (χ4n) is 4.10. The van der Waals surface area contributed by atoms with Gasteiger partial charge < -0.3 is 10.1 Å². The second-order valence-electron chi connectivity index (χ2n) is 9.14. The zero-order chi connectivity index (χ0) is 27.6. The molecule has 0 bridgehead atoms. The average Bonchev–Trinajstić information content (AvgIpc) is 3.35. The van der Waals surface area contributed by atoms with E-state index in [1.54, 1.807) is 59.9 Å². The van der Waals surface area contributed by atoms with E-state index in [0.29, 0.717) is 17.1 Å². The smallest absolute Gasteiger partial charge is 0.264 e. The summed E-state index contributed by atoms with van der Waals surface area (Å²) in [6.45, 7) is 3.52. The molecule has 0 unspecified atom stereocenters. The highest BCUT2D eigenvalue weighted by Gasteiger charge is 2.27. The second-order valence-corrected chi connectivity index (χ2v) is 12.0. The average molecular weight is 558 g/mol. The molecule has 39 heavy (non-hydrogen) atoms. The molecular formula is C30H27N3O4S2. The summed E-state index contributed by atoms with van der Waals surface area (Å²) in [5, 5.41) is 3.71. The molecule has 4 aromatic carbocycles. The van der Waals surface area contributed by atoms with Crippen LogP contribution in [0.4, 0.5) is 11.4 Å². The van der Waals surface area contributed by atoms with Crippen molar-refractivity contribution in [2.45, 2.75) is 18.7 Å². The van der Waals surface area contributed by atoms with Crippen molar-refractivity contribution >= 4 is 48.9 Å². The number of fused-ring (bicyclic) bond motifs is 1. The summed E-state index contributed by atoms with van der Waals surface area (Å²) >= 11 is 1.61. The molecule has 0 aliphatic rings. The number of methoxy groups -OCH3 is 1. The Morgan fingerprint density at radius 3 is 2.36 bits per heavy atom. The number of aryl methyl sites for hydroxylation is 2. The van der Waals surface area contributed by atoms with Gasteiger partial charge in [-0.15, -0.1) is 11.3 Å². The third-order valence-corrected chi connectivity index (χ3v) is 9.05. The van der Waals surface area contributed by atoms with Gasteiger partial charge in [0.05, 0.1) is 27.9 Å². The number of carbonyl (C=O) groups excluding carboxylic acids is 1. The molecule has 1 N–H and O–H groups in total. The Hall–Kier alpha value is -4.21. The number of aromatic nitrogens is 1. The van der Waals surface area contributed by atoms with Gasteiger partial charge in [0.1, 0.15) is 17.3 Å². The third kappa shape index (κ3) is 5.79. The Morgan fingerprint density at radius 1 is 0.923 bits per heavy atom. The predicted molar refractivity (Wildman–Crippen MR) is 157 cm³/mol. The normalized spacial score (nSPS) is 11.4. The predicted octanol–water partition coefficient (Wildman–Crippen LogP) is 6.42. The first kappa shape index (κ1) is 26.4. The van der Waals surface area contributed by atoms with Crippen LogP contribution in [-0.4, -0.2) is 33.0 Å². The molecule has 1 aromatic heterocycles. The van der Waals surface area contributed by atoms with Crippen LogP contribution in [-0.2, 0) is 14.8 Å². The Bertz CT molecular complexity index is 1750. The van der Waals surface area contributed by atoms with Crippen LogP contribution >= 0.6 is 11.3 Å². The van der Waals surface area contributed by atoms with Crippen molar-refractivity contribution in [2.24, 2.45) is 0 Å². The van der Waals surface area contributed by atoms with E-state index in [0.717, 1.165) is 30.7 Å². The molecular weight excluding hydrogens is 530 g/mol. The van der Waals surface area contributed by atoms with E-state index in [1.807, 2.05) is 31.2 Å². The molecule has 0 fully saturated rings. The quantitative estimate of drug-likeness (QED) is 0.238. The van der Waals surface area contributed by atoms with Crippen LogP contribution in [0.25, 0.3) is 20.8 Å². The summed E-state index contributed by atoms with van der Waals surface area (Å²) in [5.41, 5.74) is 4.88. The zero-order valence-corrected chi connectivity index (χ0v) is 23.3. The number of benzene rings is 4. The molecule has 5 aromatic rings. The van der Waals surface area contributed by atoms with E-state index in [2.05, 4.69) is 18.3 Å². The van der Waals surface area contributed by atoms with Crippen LogP contribution in [0, 0.1) is 13.8 Å². The minimum atomic E-state index is -4.03. The number of nitrogens with one attached hydrogen (secondary N) is 1. The van der Waals surface area contributed by atoms with Gasteiger partial charge in [-0.2, -0.15) is 0 Å². The monoisotopic (exact) mass is 557 g/mol. The topological polar surface area (TPSA) is 88.6 Å². The molecule has 7 nitrogen and oxygen atoms in total. The van der Waals surface area contributed by atoms with Crippen LogP contribution in [0.3, 0.4) is 0 Å². The minimum absolute atomic E-state index is 0.0964. The van der Waals surface area contributed by atoms with Gasteiger partial charge in [-0.25, -0.2) is 13.4 Å². The summed E-state index contributed by atoms with van der Waals surface area (Å²) in [4.78, 5) is 17.9. The molecule has 198 valence electrons. The lowest BCUT2D eigenvalue weighted by Gasteiger charge is -2.24. The summed E-state index contributed by atoms with van der Waals surface area (Å²) in [5.74, 6) is 0.00864. The highest BCUT2D eigenvalue weighted by Crippen LogP contribution is 2.32. The molecule has 9 heteroatoms. The number of anilines is 2. The maximum Gasteiger partial charge on any atom is 0.264 e. The third-order valence-electron chi connectivity index (χ3n) is 6.20. The van der Waals surface area contributed by atoms with Gasteiger partial charge in [0.2, 0.25) is 5.91 Å². The molecule has 0 atom stereocenters. The first-order valence-electron chi connectivity index (χ1n) is 12.2. The van der Waals surface area contributed by atoms with Gasteiger partial charge in [-0.3, -0.25) is 9.10 Å². The van der Waals surface area contributed by atoms with E-state index in [9.17, 15) is 13.2 Å². The SMILES string of the molecule is COc1cccc(N(CC(=O)Nc2ccc(-c3nc4ccc(C)cc4s3)cc2)S(=O)(=O)c2ccc(C)cc2)c1. The Morgan fingerprint density at radius 2 is 1.64 bits per heavy atom. The summed E-state index contributed by atoms with van der Waals surface area (Å²) < 4.78 is 34.8. The standard InChI is InChI=1S/C30H27N3O4S2/c1-20-7-14-26(15-8-20)39(35,36)33(24-5-4-6-25(18-24)37-3)19-29(34)31-23-12-10-22(11-13-23)30-32-27-16-9-21(2)17-28(27)38-30/h4-18H,19H2,1-3H3,(H,31,34). The van der Waals surface area contributed by atoms with Crippen molar-refractivity contribution in [1.29, 1.82) is 0 Å². The highest BCUT2D eigenvalue weighted by molar-refractivity contribution is 7.92.